The largest absolute Gasteiger partial charge is 0.317 e. The van der Waals surface area contributed by atoms with Crippen LogP contribution in [0.15, 0.2) is 36.5 Å². The summed E-state index contributed by atoms with van der Waals surface area (Å²) >= 11 is 0. The maximum absolute atomic E-state index is 3.39. The summed E-state index contributed by atoms with van der Waals surface area (Å²) in [6, 6.07) is 0. The van der Waals surface area contributed by atoms with Gasteiger partial charge in [-0.05, 0) is 45.2 Å². The van der Waals surface area contributed by atoms with Crippen LogP contribution in [-0.4, -0.2) is 13.1 Å². The van der Waals surface area contributed by atoms with E-state index in [1.807, 2.05) is 13.0 Å². The molecule has 1 aliphatic rings. The molecule has 0 radical (unpaired) electrons. The predicted octanol–water partition coefficient (Wildman–Crippen LogP) is 3.06. The molecule has 1 N–H and O–H groups in total. The molecule has 0 bridgehead atoms. The Kier molecular flexibility index (Phi) is 6.09. The third-order valence-corrected chi connectivity index (χ3v) is 2.59. The summed E-state index contributed by atoms with van der Waals surface area (Å²) < 4.78 is 0. The molecule has 1 heteroatoms. The van der Waals surface area contributed by atoms with Crippen molar-refractivity contribution in [2.24, 2.45) is 5.92 Å². The molecule has 0 amide bonds. The van der Waals surface area contributed by atoms with E-state index < -0.39 is 0 Å². The maximum atomic E-state index is 3.39. The first kappa shape index (κ1) is 11.3. The lowest BCUT2D eigenvalue weighted by Crippen LogP contribution is -2.27. The highest BCUT2D eigenvalue weighted by Crippen LogP contribution is 2.15. The zero-order valence-electron chi connectivity index (χ0n) is 9.08. The first-order valence-electron chi connectivity index (χ1n) is 5.58. The van der Waals surface area contributed by atoms with Gasteiger partial charge in [0.05, 0.1) is 0 Å². The summed E-state index contributed by atoms with van der Waals surface area (Å²) in [5, 5.41) is 3.39. The molecule has 0 aromatic rings. The van der Waals surface area contributed by atoms with Gasteiger partial charge in [0.2, 0.25) is 0 Å². The lowest BCUT2D eigenvalue weighted by Gasteiger charge is -2.20. The summed E-state index contributed by atoms with van der Waals surface area (Å²) in [7, 11) is 0. The van der Waals surface area contributed by atoms with Crippen molar-refractivity contribution < 1.29 is 0 Å². The van der Waals surface area contributed by atoms with E-state index in [0.717, 1.165) is 5.92 Å². The molecule has 1 heterocycles. The number of allylic oxidation sites excluding steroid dienone is 6. The Morgan fingerprint density at radius 2 is 1.79 bits per heavy atom. The third-order valence-electron chi connectivity index (χ3n) is 2.59. The van der Waals surface area contributed by atoms with E-state index in [9.17, 15) is 0 Å². The molecule has 0 unspecified atom stereocenters. The maximum Gasteiger partial charge on any atom is -0.00462 e. The molecule has 1 aliphatic heterocycles. The van der Waals surface area contributed by atoms with E-state index in [4.69, 9.17) is 0 Å². The summed E-state index contributed by atoms with van der Waals surface area (Å²) in [5.74, 6) is 0.905. The number of hydrogen-bond donors (Lipinski definition) is 1. The first-order valence-corrected chi connectivity index (χ1v) is 5.58. The molecule has 1 nitrogen and oxygen atoms in total. The molecule has 1 saturated heterocycles. The third kappa shape index (κ3) is 5.03. The van der Waals surface area contributed by atoms with Gasteiger partial charge in [-0.15, -0.1) is 0 Å². The minimum absolute atomic E-state index is 0.905. The van der Waals surface area contributed by atoms with Crippen molar-refractivity contribution >= 4 is 0 Å². The van der Waals surface area contributed by atoms with Crippen LogP contribution in [-0.2, 0) is 0 Å². The van der Waals surface area contributed by atoms with Crippen LogP contribution >= 0.6 is 0 Å². The fourth-order valence-electron chi connectivity index (χ4n) is 1.71. The number of piperidine rings is 1. The molecule has 1 rings (SSSR count). The quantitative estimate of drug-likeness (QED) is 0.673. The average Bonchev–Trinajstić information content (AvgIpc) is 2.25. The molecule has 0 saturated carbocycles. The van der Waals surface area contributed by atoms with Gasteiger partial charge in [-0.3, -0.25) is 0 Å². The van der Waals surface area contributed by atoms with Crippen LogP contribution in [0.25, 0.3) is 0 Å². The highest BCUT2D eigenvalue weighted by Gasteiger charge is 2.10. The van der Waals surface area contributed by atoms with E-state index in [0.29, 0.717) is 0 Å². The Labute approximate surface area is 87.6 Å². The van der Waals surface area contributed by atoms with Gasteiger partial charge in [-0.25, -0.2) is 0 Å². The van der Waals surface area contributed by atoms with Crippen LogP contribution in [0.1, 0.15) is 26.2 Å². The second kappa shape index (κ2) is 7.57. The fourth-order valence-corrected chi connectivity index (χ4v) is 1.71. The number of rotatable bonds is 4. The normalized spacial score (nSPS) is 20.4. The Balaban J connectivity index is 2.12. The summed E-state index contributed by atoms with van der Waals surface area (Å²) in [5.41, 5.74) is 0. The molecule has 0 aromatic carbocycles. The minimum Gasteiger partial charge on any atom is -0.317 e. The van der Waals surface area contributed by atoms with Crippen LogP contribution in [0.2, 0.25) is 0 Å². The first-order chi connectivity index (χ1) is 6.93. The lowest BCUT2D eigenvalue weighted by molar-refractivity contribution is 0.377. The summed E-state index contributed by atoms with van der Waals surface area (Å²) in [6.07, 6.45) is 16.6. The Morgan fingerprint density at radius 3 is 2.50 bits per heavy atom. The lowest BCUT2D eigenvalue weighted by atomic mass is 9.94. The summed E-state index contributed by atoms with van der Waals surface area (Å²) in [4.78, 5) is 0. The number of hydrogen-bond acceptors (Lipinski definition) is 1. The van der Waals surface area contributed by atoms with Gasteiger partial charge in [0, 0.05) is 0 Å². The van der Waals surface area contributed by atoms with Crippen LogP contribution < -0.4 is 5.32 Å². The zero-order chi connectivity index (χ0) is 10.1. The second-order valence-corrected chi connectivity index (χ2v) is 3.77. The van der Waals surface area contributed by atoms with Crippen molar-refractivity contribution in [3.63, 3.8) is 0 Å². The van der Waals surface area contributed by atoms with Crippen LogP contribution in [0.3, 0.4) is 0 Å². The Bertz CT molecular complexity index is 207. The van der Waals surface area contributed by atoms with E-state index >= 15 is 0 Å². The number of nitrogens with one attached hydrogen (secondary N) is 1. The molecule has 0 atom stereocenters. The smallest absolute Gasteiger partial charge is 0.00462 e. The molecule has 14 heavy (non-hydrogen) atoms. The van der Waals surface area contributed by atoms with E-state index in [-0.39, 0.29) is 0 Å². The van der Waals surface area contributed by atoms with E-state index in [1.54, 1.807) is 0 Å². The topological polar surface area (TPSA) is 12.0 Å². The summed E-state index contributed by atoms with van der Waals surface area (Å²) in [6.45, 7) is 4.43. The Morgan fingerprint density at radius 1 is 1.07 bits per heavy atom. The van der Waals surface area contributed by atoms with Gasteiger partial charge in [-0.2, -0.15) is 0 Å². The van der Waals surface area contributed by atoms with Crippen LogP contribution in [0.4, 0.5) is 0 Å². The predicted molar refractivity (Wildman–Crippen MR) is 63.3 cm³/mol. The highest BCUT2D eigenvalue weighted by molar-refractivity contribution is 5.10. The van der Waals surface area contributed by atoms with Gasteiger partial charge < -0.3 is 5.32 Å². The van der Waals surface area contributed by atoms with Crippen molar-refractivity contribution in [2.45, 2.75) is 26.2 Å². The van der Waals surface area contributed by atoms with Crippen LogP contribution in [0.5, 0.6) is 0 Å². The van der Waals surface area contributed by atoms with Gasteiger partial charge in [0.15, 0.2) is 0 Å². The molecule has 1 fully saturated rings. The second-order valence-electron chi connectivity index (χ2n) is 3.77. The molecule has 78 valence electrons. The van der Waals surface area contributed by atoms with E-state index in [1.165, 1.54) is 32.4 Å². The zero-order valence-corrected chi connectivity index (χ0v) is 9.08. The standard InChI is InChI=1S/C13H21N/c1-2-3-4-5-6-7-8-13-9-11-14-12-10-13/h2-7,13-14H,8-12H2,1H3/b3-2-,5-4-,7-6+. The van der Waals surface area contributed by atoms with Crippen molar-refractivity contribution in [2.75, 3.05) is 13.1 Å². The molecule has 0 spiro atoms. The van der Waals surface area contributed by atoms with E-state index in [2.05, 4.69) is 35.7 Å². The van der Waals surface area contributed by atoms with Crippen molar-refractivity contribution in [3.05, 3.63) is 36.5 Å². The Hall–Kier alpha value is -0.820. The SMILES string of the molecule is C\C=C/C=C\C=C\CC1CCNCC1. The average molecular weight is 191 g/mol. The minimum atomic E-state index is 0.905. The molecule has 0 aliphatic carbocycles. The molecular formula is C13H21N. The molecular weight excluding hydrogens is 170 g/mol. The monoisotopic (exact) mass is 191 g/mol. The van der Waals surface area contributed by atoms with Gasteiger partial charge >= 0.3 is 0 Å². The van der Waals surface area contributed by atoms with Gasteiger partial charge in [-0.1, -0.05) is 36.5 Å². The highest BCUT2D eigenvalue weighted by atomic mass is 14.9. The van der Waals surface area contributed by atoms with Gasteiger partial charge in [0.1, 0.15) is 0 Å². The van der Waals surface area contributed by atoms with Crippen molar-refractivity contribution in [1.82, 2.24) is 5.32 Å². The fraction of sp³-hybridized carbons (Fsp3) is 0.538. The van der Waals surface area contributed by atoms with Crippen molar-refractivity contribution in [3.8, 4) is 0 Å². The molecule has 0 aromatic heterocycles. The van der Waals surface area contributed by atoms with Gasteiger partial charge in [0.25, 0.3) is 0 Å². The van der Waals surface area contributed by atoms with Crippen molar-refractivity contribution in [1.29, 1.82) is 0 Å². The van der Waals surface area contributed by atoms with Crippen LogP contribution in [0, 0.1) is 5.92 Å².